The molecule has 0 radical (unpaired) electrons. The number of halogens is 1. The largest absolute Gasteiger partial charge is 0.353 e. The van der Waals surface area contributed by atoms with Crippen molar-refractivity contribution in [3.05, 3.63) is 36.2 Å². The van der Waals surface area contributed by atoms with E-state index in [1.54, 1.807) is 22.8 Å². The van der Waals surface area contributed by atoms with Crippen LogP contribution < -0.4 is 5.32 Å². The molecule has 29 heavy (non-hydrogen) atoms. The molecule has 0 saturated heterocycles. The summed E-state index contributed by atoms with van der Waals surface area (Å²) < 4.78 is 28.4. The van der Waals surface area contributed by atoms with Crippen LogP contribution in [0.4, 0.5) is 0 Å². The highest BCUT2D eigenvalue weighted by molar-refractivity contribution is 14.1. The summed E-state index contributed by atoms with van der Waals surface area (Å²) in [6.07, 6.45) is 14.0. The van der Waals surface area contributed by atoms with Crippen molar-refractivity contribution in [1.82, 2.24) is 14.6 Å². The van der Waals surface area contributed by atoms with Crippen molar-refractivity contribution in [2.75, 3.05) is 23.3 Å². The molecule has 1 aromatic rings. The minimum atomic E-state index is -3.20. The highest BCUT2D eigenvalue weighted by Crippen LogP contribution is 2.26. The fourth-order valence-electron chi connectivity index (χ4n) is 3.58. The molecule has 1 aliphatic rings. The van der Waals surface area contributed by atoms with E-state index in [0.717, 1.165) is 54.9 Å². The number of hydrogen-bond acceptors (Lipinski definition) is 4. The first kappa shape index (κ1) is 24.3. The van der Waals surface area contributed by atoms with Gasteiger partial charge in [0.1, 0.15) is 0 Å². The second-order valence-electron chi connectivity index (χ2n) is 7.38. The van der Waals surface area contributed by atoms with Gasteiger partial charge in [0, 0.05) is 42.0 Å². The van der Waals surface area contributed by atoms with Gasteiger partial charge in [-0.2, -0.15) is 4.31 Å². The summed E-state index contributed by atoms with van der Waals surface area (Å²) in [5, 5.41) is 2.84. The van der Waals surface area contributed by atoms with Gasteiger partial charge in [-0.15, -0.1) is 0 Å². The fraction of sp³-hybridized carbons (Fsp3) is 0.619. The van der Waals surface area contributed by atoms with Crippen LogP contribution in [0.25, 0.3) is 6.08 Å². The van der Waals surface area contributed by atoms with Gasteiger partial charge in [0.25, 0.3) is 0 Å². The minimum absolute atomic E-state index is 0.146. The SMILES string of the molecule is O=C(/C=C/c1cccnc1)NCCCCCS(=O)(=O)N(CCCI)C1CCCC1. The number of aromatic nitrogens is 1. The molecule has 8 heteroatoms. The predicted molar refractivity (Wildman–Crippen MR) is 126 cm³/mol. The second-order valence-corrected chi connectivity index (χ2v) is 10.5. The molecular weight excluding hydrogens is 501 g/mol. The lowest BCUT2D eigenvalue weighted by Gasteiger charge is -2.28. The Morgan fingerprint density at radius 3 is 2.72 bits per heavy atom. The molecule has 1 N–H and O–H groups in total. The van der Waals surface area contributed by atoms with Gasteiger partial charge in [-0.1, -0.05) is 47.9 Å². The zero-order valence-electron chi connectivity index (χ0n) is 16.9. The summed E-state index contributed by atoms with van der Waals surface area (Å²) in [5.41, 5.74) is 0.877. The number of carbonyl (C=O) groups is 1. The molecular formula is C21H32IN3O3S. The third kappa shape index (κ3) is 9.13. The summed E-state index contributed by atoms with van der Waals surface area (Å²) in [6, 6.07) is 3.90. The van der Waals surface area contributed by atoms with Gasteiger partial charge in [0.05, 0.1) is 5.75 Å². The zero-order valence-corrected chi connectivity index (χ0v) is 19.9. The van der Waals surface area contributed by atoms with Crippen molar-refractivity contribution >= 4 is 44.6 Å². The number of unbranched alkanes of at least 4 members (excludes halogenated alkanes) is 2. The van der Waals surface area contributed by atoms with E-state index >= 15 is 0 Å². The molecule has 1 heterocycles. The third-order valence-electron chi connectivity index (χ3n) is 5.09. The molecule has 1 amide bonds. The smallest absolute Gasteiger partial charge is 0.243 e. The van der Waals surface area contributed by atoms with Gasteiger partial charge >= 0.3 is 0 Å². The molecule has 0 aromatic carbocycles. The van der Waals surface area contributed by atoms with Crippen molar-refractivity contribution in [1.29, 1.82) is 0 Å². The number of nitrogens with one attached hydrogen (secondary N) is 1. The number of hydrogen-bond donors (Lipinski definition) is 1. The van der Waals surface area contributed by atoms with Gasteiger partial charge < -0.3 is 5.32 Å². The fourth-order valence-corrected chi connectivity index (χ4v) is 5.79. The van der Waals surface area contributed by atoms with Crippen molar-refractivity contribution in [3.8, 4) is 0 Å². The molecule has 1 aliphatic carbocycles. The van der Waals surface area contributed by atoms with E-state index in [2.05, 4.69) is 32.9 Å². The molecule has 0 aliphatic heterocycles. The van der Waals surface area contributed by atoms with E-state index in [9.17, 15) is 13.2 Å². The van der Waals surface area contributed by atoms with Crippen LogP contribution in [0, 0.1) is 0 Å². The predicted octanol–water partition coefficient (Wildman–Crippen LogP) is 3.78. The third-order valence-corrected chi connectivity index (χ3v) is 7.85. The Morgan fingerprint density at radius 2 is 2.03 bits per heavy atom. The molecule has 1 saturated carbocycles. The Morgan fingerprint density at radius 1 is 1.24 bits per heavy atom. The topological polar surface area (TPSA) is 79.4 Å². The quantitative estimate of drug-likeness (QED) is 0.181. The van der Waals surface area contributed by atoms with Gasteiger partial charge in [0.2, 0.25) is 15.9 Å². The Labute approximate surface area is 188 Å². The van der Waals surface area contributed by atoms with E-state index in [4.69, 9.17) is 0 Å². The van der Waals surface area contributed by atoms with Crippen molar-refractivity contribution in [2.45, 2.75) is 57.4 Å². The summed E-state index contributed by atoms with van der Waals surface area (Å²) in [4.78, 5) is 15.8. The highest BCUT2D eigenvalue weighted by atomic mass is 127. The average molecular weight is 533 g/mol. The van der Waals surface area contributed by atoms with Crippen molar-refractivity contribution in [3.63, 3.8) is 0 Å². The maximum absolute atomic E-state index is 12.8. The van der Waals surface area contributed by atoms with E-state index in [-0.39, 0.29) is 17.7 Å². The first-order chi connectivity index (χ1) is 14.0. The van der Waals surface area contributed by atoms with Crippen LogP contribution >= 0.6 is 22.6 Å². The number of pyridine rings is 1. The van der Waals surface area contributed by atoms with Crippen molar-refractivity contribution in [2.24, 2.45) is 0 Å². The van der Waals surface area contributed by atoms with E-state index in [1.165, 1.54) is 6.08 Å². The Kier molecular flexibility index (Phi) is 11.2. The average Bonchev–Trinajstić information content (AvgIpc) is 3.24. The molecule has 0 bridgehead atoms. The van der Waals surface area contributed by atoms with Crippen LogP contribution in [0.3, 0.4) is 0 Å². The minimum Gasteiger partial charge on any atom is -0.353 e. The number of carbonyl (C=O) groups excluding carboxylic acids is 1. The molecule has 162 valence electrons. The lowest BCUT2D eigenvalue weighted by atomic mass is 10.2. The van der Waals surface area contributed by atoms with Crippen LogP contribution in [0.15, 0.2) is 30.6 Å². The highest BCUT2D eigenvalue weighted by Gasteiger charge is 2.30. The van der Waals surface area contributed by atoms with Crippen LogP contribution in [0.2, 0.25) is 0 Å². The number of amides is 1. The molecule has 0 unspecified atom stereocenters. The van der Waals surface area contributed by atoms with Crippen LogP contribution in [0.5, 0.6) is 0 Å². The molecule has 1 aromatic heterocycles. The van der Waals surface area contributed by atoms with Crippen LogP contribution in [0.1, 0.15) is 56.9 Å². The lowest BCUT2D eigenvalue weighted by molar-refractivity contribution is -0.116. The van der Waals surface area contributed by atoms with E-state index in [1.807, 2.05) is 12.1 Å². The molecule has 0 spiro atoms. The maximum Gasteiger partial charge on any atom is 0.243 e. The summed E-state index contributed by atoms with van der Waals surface area (Å²) in [5.74, 6) is 0.0623. The monoisotopic (exact) mass is 533 g/mol. The summed E-state index contributed by atoms with van der Waals surface area (Å²) in [6.45, 7) is 1.20. The zero-order chi connectivity index (χ0) is 21.0. The standard InChI is InChI=1S/C21H32IN3O3S/c22-13-7-16-25(20-9-2-3-10-20)29(27,28)17-5-1-4-15-24-21(26)12-11-19-8-6-14-23-18-19/h6,8,11-12,14,18,20H,1-5,7,9-10,13,15-17H2,(H,24,26)/b12-11+. The Bertz CT molecular complexity index is 735. The van der Waals surface area contributed by atoms with E-state index < -0.39 is 10.0 Å². The number of sulfonamides is 1. The van der Waals surface area contributed by atoms with Gasteiger partial charge in [-0.05, 0) is 49.8 Å². The normalized spacial score (nSPS) is 15.4. The lowest BCUT2D eigenvalue weighted by Crippen LogP contribution is -2.41. The number of nitrogens with zero attached hydrogens (tertiary/aromatic N) is 2. The maximum atomic E-state index is 12.8. The first-order valence-electron chi connectivity index (χ1n) is 10.4. The van der Waals surface area contributed by atoms with Gasteiger partial charge in [0.15, 0.2) is 0 Å². The second kappa shape index (κ2) is 13.3. The van der Waals surface area contributed by atoms with Crippen LogP contribution in [-0.4, -0.2) is 52.9 Å². The first-order valence-corrected chi connectivity index (χ1v) is 13.6. The molecule has 6 nitrogen and oxygen atoms in total. The van der Waals surface area contributed by atoms with Crippen LogP contribution in [-0.2, 0) is 14.8 Å². The Balaban J connectivity index is 1.66. The number of rotatable bonds is 13. The molecule has 1 fully saturated rings. The van der Waals surface area contributed by atoms with E-state index in [0.29, 0.717) is 19.5 Å². The van der Waals surface area contributed by atoms with Gasteiger partial charge in [-0.25, -0.2) is 8.42 Å². The number of alkyl halides is 1. The molecule has 2 rings (SSSR count). The Hall–Kier alpha value is -1.00. The summed E-state index contributed by atoms with van der Waals surface area (Å²) in [7, 11) is -3.20. The van der Waals surface area contributed by atoms with Gasteiger partial charge in [-0.3, -0.25) is 9.78 Å². The summed E-state index contributed by atoms with van der Waals surface area (Å²) >= 11 is 2.31. The molecule has 0 atom stereocenters. The van der Waals surface area contributed by atoms with Crippen molar-refractivity contribution < 1.29 is 13.2 Å².